The van der Waals surface area contributed by atoms with Gasteiger partial charge in [0.15, 0.2) is 5.69 Å². The highest BCUT2D eigenvalue weighted by molar-refractivity contribution is 7.91. The number of methoxy groups -OCH3 is 1. The van der Waals surface area contributed by atoms with Crippen molar-refractivity contribution in [1.82, 2.24) is 15.0 Å². The lowest BCUT2D eigenvalue weighted by atomic mass is 10.1. The maximum atomic E-state index is 12.4. The monoisotopic (exact) mass is 306 g/mol. The molecular formula is C13H14N4O3S. The number of nitrogens with zero attached hydrogens (tertiary/aromatic N) is 3. The van der Waals surface area contributed by atoms with E-state index < -0.39 is 17.0 Å². The lowest BCUT2D eigenvalue weighted by molar-refractivity contribution is 0.103. The molecule has 0 saturated carbocycles. The molecule has 0 saturated heterocycles. The van der Waals surface area contributed by atoms with Crippen LogP contribution in [0.15, 0.2) is 29.7 Å². The maximum absolute atomic E-state index is 12.4. The minimum absolute atomic E-state index is 0.0282. The van der Waals surface area contributed by atoms with E-state index >= 15 is 0 Å². The van der Waals surface area contributed by atoms with E-state index in [1.165, 1.54) is 19.5 Å². The number of ketones is 1. The summed E-state index contributed by atoms with van der Waals surface area (Å²) in [6.45, 7) is 1.74. The van der Waals surface area contributed by atoms with Gasteiger partial charge in [-0.2, -0.15) is 9.97 Å². The summed E-state index contributed by atoms with van der Waals surface area (Å²) in [6, 6.07) is 3.28. The Kier molecular flexibility index (Phi) is 4.71. The van der Waals surface area contributed by atoms with E-state index in [9.17, 15) is 9.35 Å². The Bertz CT molecular complexity index is 666. The van der Waals surface area contributed by atoms with E-state index in [0.29, 0.717) is 11.5 Å². The van der Waals surface area contributed by atoms with Crippen molar-refractivity contribution in [3.05, 3.63) is 35.8 Å². The second kappa shape index (κ2) is 6.51. The van der Waals surface area contributed by atoms with Gasteiger partial charge in [0.05, 0.1) is 12.7 Å². The van der Waals surface area contributed by atoms with Gasteiger partial charge in [0.2, 0.25) is 5.78 Å². The van der Waals surface area contributed by atoms with Gasteiger partial charge in [-0.3, -0.25) is 4.79 Å². The van der Waals surface area contributed by atoms with Gasteiger partial charge >= 0.3 is 5.16 Å². The first kappa shape index (κ1) is 15.2. The van der Waals surface area contributed by atoms with Gasteiger partial charge in [-0.05, 0) is 19.1 Å². The fourth-order valence-electron chi connectivity index (χ4n) is 1.65. The van der Waals surface area contributed by atoms with Crippen molar-refractivity contribution in [3.8, 4) is 5.75 Å². The highest BCUT2D eigenvalue weighted by Crippen LogP contribution is 2.21. The van der Waals surface area contributed by atoms with E-state index in [4.69, 9.17) is 10.5 Å². The van der Waals surface area contributed by atoms with Crippen molar-refractivity contribution >= 4 is 22.8 Å². The maximum Gasteiger partial charge on any atom is 0.344 e. The van der Waals surface area contributed by atoms with Crippen molar-refractivity contribution in [3.63, 3.8) is 0 Å². The van der Waals surface area contributed by atoms with Crippen LogP contribution in [0.3, 0.4) is 0 Å². The molecule has 2 aromatic rings. The largest absolute Gasteiger partial charge is 0.609 e. The first-order valence-corrected chi connectivity index (χ1v) is 7.45. The number of rotatable bonds is 5. The topological polar surface area (TPSA) is 114 Å². The SMILES string of the molecule is CC[S+]([O-])c1ncc(C(=O)c2ncccc2OC)c(N)n1. The van der Waals surface area contributed by atoms with Gasteiger partial charge in [-0.15, -0.1) is 0 Å². The fourth-order valence-corrected chi connectivity index (χ4v) is 2.27. The predicted octanol–water partition coefficient (Wildman–Crippen LogP) is 0.821. The first-order valence-electron chi connectivity index (χ1n) is 6.13. The molecule has 8 heteroatoms. The number of ether oxygens (including phenoxy) is 1. The Labute approximate surface area is 124 Å². The van der Waals surface area contributed by atoms with Crippen LogP contribution in [0.4, 0.5) is 5.82 Å². The highest BCUT2D eigenvalue weighted by Gasteiger charge is 2.22. The number of nitrogens with two attached hydrogens (primary N) is 1. The van der Waals surface area contributed by atoms with Gasteiger partial charge in [0.25, 0.3) is 0 Å². The summed E-state index contributed by atoms with van der Waals surface area (Å²) in [4.78, 5) is 24.3. The molecule has 0 aliphatic heterocycles. The lowest BCUT2D eigenvalue weighted by Crippen LogP contribution is -2.15. The van der Waals surface area contributed by atoms with Crippen molar-refractivity contribution in [2.45, 2.75) is 12.1 Å². The van der Waals surface area contributed by atoms with E-state index in [1.807, 2.05) is 0 Å². The van der Waals surface area contributed by atoms with E-state index in [1.54, 1.807) is 19.1 Å². The molecule has 2 heterocycles. The average Bonchev–Trinajstić information content (AvgIpc) is 2.53. The summed E-state index contributed by atoms with van der Waals surface area (Å²) in [7, 11) is 1.45. The van der Waals surface area contributed by atoms with Crippen LogP contribution in [0.1, 0.15) is 23.0 Å². The summed E-state index contributed by atoms with van der Waals surface area (Å²) < 4.78 is 16.7. The third-order valence-corrected chi connectivity index (χ3v) is 3.84. The molecule has 0 aromatic carbocycles. The first-order chi connectivity index (χ1) is 10.1. The second-order valence-electron chi connectivity index (χ2n) is 3.97. The minimum atomic E-state index is -1.33. The second-order valence-corrected chi connectivity index (χ2v) is 5.60. The third kappa shape index (κ3) is 3.11. The number of hydrogen-bond donors (Lipinski definition) is 1. The zero-order valence-corrected chi connectivity index (χ0v) is 12.4. The number of anilines is 1. The molecule has 2 aromatic heterocycles. The zero-order valence-electron chi connectivity index (χ0n) is 11.6. The summed E-state index contributed by atoms with van der Waals surface area (Å²) >= 11 is -1.33. The molecule has 0 spiro atoms. The molecule has 0 aliphatic carbocycles. The Morgan fingerprint density at radius 3 is 2.86 bits per heavy atom. The van der Waals surface area contributed by atoms with Crippen LogP contribution < -0.4 is 10.5 Å². The molecular weight excluding hydrogens is 292 g/mol. The number of carbonyl (C=O) groups excluding carboxylic acids is 1. The summed E-state index contributed by atoms with van der Waals surface area (Å²) in [5.74, 6) is 0.238. The molecule has 0 radical (unpaired) electrons. The Morgan fingerprint density at radius 2 is 2.24 bits per heavy atom. The van der Waals surface area contributed by atoms with Crippen LogP contribution in [-0.4, -0.2) is 38.2 Å². The molecule has 21 heavy (non-hydrogen) atoms. The zero-order chi connectivity index (χ0) is 15.4. The smallest absolute Gasteiger partial charge is 0.344 e. The Balaban J connectivity index is 2.40. The van der Waals surface area contributed by atoms with Gasteiger partial charge in [-0.25, -0.2) is 4.98 Å². The molecule has 110 valence electrons. The van der Waals surface area contributed by atoms with Crippen molar-refractivity contribution in [2.75, 3.05) is 18.6 Å². The van der Waals surface area contributed by atoms with Gasteiger partial charge in [0.1, 0.15) is 17.3 Å². The van der Waals surface area contributed by atoms with Crippen molar-refractivity contribution in [2.24, 2.45) is 0 Å². The molecule has 1 atom stereocenters. The highest BCUT2D eigenvalue weighted by atomic mass is 32.2. The quantitative estimate of drug-likeness (QED) is 0.494. The molecule has 0 aliphatic rings. The fraction of sp³-hybridized carbons (Fsp3) is 0.231. The summed E-state index contributed by atoms with van der Waals surface area (Å²) in [5, 5.41) is 0.111. The number of pyridine rings is 1. The van der Waals surface area contributed by atoms with Gasteiger partial charge in [-0.1, -0.05) is 0 Å². The Morgan fingerprint density at radius 1 is 1.48 bits per heavy atom. The molecule has 0 bridgehead atoms. The van der Waals surface area contributed by atoms with Crippen LogP contribution in [0.5, 0.6) is 5.75 Å². The standard InChI is InChI=1S/C13H14N4O3S/c1-3-21(19)13-16-7-8(12(14)17-13)11(18)10-9(20-2)5-4-6-15-10/h4-7H,3H2,1-2H3,(H2,14,16,17). The number of carbonyl (C=O) groups is 1. The lowest BCUT2D eigenvalue weighted by Gasteiger charge is -2.09. The average molecular weight is 306 g/mol. The van der Waals surface area contributed by atoms with Crippen molar-refractivity contribution in [1.29, 1.82) is 0 Å². The van der Waals surface area contributed by atoms with Crippen LogP contribution in [0.2, 0.25) is 0 Å². The molecule has 2 rings (SSSR count). The van der Waals surface area contributed by atoms with Gasteiger partial charge < -0.3 is 15.0 Å². The van der Waals surface area contributed by atoms with Crippen LogP contribution in [0.25, 0.3) is 0 Å². The van der Waals surface area contributed by atoms with E-state index in [0.717, 1.165) is 0 Å². The van der Waals surface area contributed by atoms with E-state index in [-0.39, 0.29) is 22.2 Å². The molecule has 2 N–H and O–H groups in total. The van der Waals surface area contributed by atoms with Crippen LogP contribution in [0, 0.1) is 0 Å². The molecule has 0 fully saturated rings. The normalized spacial score (nSPS) is 12.0. The third-order valence-electron chi connectivity index (χ3n) is 2.71. The van der Waals surface area contributed by atoms with Crippen LogP contribution >= 0.6 is 0 Å². The van der Waals surface area contributed by atoms with Gasteiger partial charge in [0, 0.05) is 23.6 Å². The molecule has 1 unspecified atom stereocenters. The molecule has 7 nitrogen and oxygen atoms in total. The van der Waals surface area contributed by atoms with Crippen LogP contribution in [-0.2, 0) is 11.2 Å². The number of hydrogen-bond acceptors (Lipinski definition) is 7. The number of nitrogen functional groups attached to an aromatic ring is 1. The molecule has 0 amide bonds. The minimum Gasteiger partial charge on any atom is -0.609 e. The Hall–Kier alpha value is -2.19. The summed E-state index contributed by atoms with van der Waals surface area (Å²) in [5.41, 5.74) is 5.99. The number of aromatic nitrogens is 3. The summed E-state index contributed by atoms with van der Waals surface area (Å²) in [6.07, 6.45) is 2.75. The van der Waals surface area contributed by atoms with Crippen molar-refractivity contribution < 1.29 is 14.1 Å². The predicted molar refractivity (Wildman–Crippen MR) is 77.6 cm³/mol. The van der Waals surface area contributed by atoms with E-state index in [2.05, 4.69) is 15.0 Å².